The van der Waals surface area contributed by atoms with Gasteiger partial charge in [-0.2, -0.15) is 0 Å². The molecule has 0 amide bonds. The van der Waals surface area contributed by atoms with E-state index in [9.17, 15) is 4.79 Å². The van der Waals surface area contributed by atoms with Crippen LogP contribution < -0.4 is 14.2 Å². The molecule has 0 saturated heterocycles. The summed E-state index contributed by atoms with van der Waals surface area (Å²) in [5, 5.41) is 0. The topological polar surface area (TPSA) is 44.8 Å². The molecule has 0 N–H and O–H groups in total. The van der Waals surface area contributed by atoms with Gasteiger partial charge in [0.2, 0.25) is 0 Å². The molecule has 0 fully saturated rings. The average Bonchev–Trinajstić information content (AvgIpc) is 2.69. The van der Waals surface area contributed by atoms with Crippen LogP contribution >= 0.6 is 31.9 Å². The molecule has 0 saturated carbocycles. The fourth-order valence-corrected chi connectivity index (χ4v) is 4.04. The molecular formula is C22H18Br2O4. The molecule has 0 bridgehead atoms. The van der Waals surface area contributed by atoms with Crippen LogP contribution in [-0.4, -0.2) is 19.2 Å². The molecule has 0 unspecified atom stereocenters. The number of para-hydroxylation sites is 1. The van der Waals surface area contributed by atoms with E-state index in [1.165, 1.54) is 0 Å². The molecule has 0 aliphatic rings. The first kappa shape index (κ1) is 20.4. The lowest BCUT2D eigenvalue weighted by atomic mass is 10.2. The predicted molar refractivity (Wildman–Crippen MR) is 115 cm³/mol. The number of aryl methyl sites for hydroxylation is 1. The van der Waals surface area contributed by atoms with Crippen molar-refractivity contribution in [1.82, 2.24) is 0 Å². The first-order chi connectivity index (χ1) is 13.5. The highest BCUT2D eigenvalue weighted by Crippen LogP contribution is 2.33. The minimum Gasteiger partial charge on any atom is -0.490 e. The Labute approximate surface area is 180 Å². The molecule has 4 nitrogen and oxygen atoms in total. The monoisotopic (exact) mass is 504 g/mol. The summed E-state index contributed by atoms with van der Waals surface area (Å²) in [7, 11) is 0. The first-order valence-electron chi connectivity index (χ1n) is 8.61. The number of carbonyl (C=O) groups is 1. The lowest BCUT2D eigenvalue weighted by Gasteiger charge is -2.11. The number of benzene rings is 3. The molecule has 144 valence electrons. The van der Waals surface area contributed by atoms with Gasteiger partial charge in [-0.3, -0.25) is 0 Å². The van der Waals surface area contributed by atoms with Crippen LogP contribution in [0.1, 0.15) is 15.9 Å². The number of halogens is 2. The van der Waals surface area contributed by atoms with E-state index in [4.69, 9.17) is 14.2 Å². The Hall–Kier alpha value is -2.31. The summed E-state index contributed by atoms with van der Waals surface area (Å²) < 4.78 is 18.5. The average molecular weight is 506 g/mol. The molecular weight excluding hydrogens is 488 g/mol. The fraction of sp³-hybridized carbons (Fsp3) is 0.136. The zero-order valence-electron chi connectivity index (χ0n) is 15.2. The Morgan fingerprint density at radius 2 is 1.54 bits per heavy atom. The highest BCUT2D eigenvalue weighted by molar-refractivity contribution is 9.11. The third-order valence-electron chi connectivity index (χ3n) is 3.82. The molecule has 6 heteroatoms. The number of rotatable bonds is 7. The lowest BCUT2D eigenvalue weighted by Crippen LogP contribution is -2.11. The smallest absolute Gasteiger partial charge is 0.343 e. The third-order valence-corrected chi connectivity index (χ3v) is 4.87. The van der Waals surface area contributed by atoms with Gasteiger partial charge in [0.1, 0.15) is 30.5 Å². The van der Waals surface area contributed by atoms with Crippen LogP contribution in [0.2, 0.25) is 0 Å². The van der Waals surface area contributed by atoms with Crippen LogP contribution in [0.5, 0.6) is 17.2 Å². The van der Waals surface area contributed by atoms with Gasteiger partial charge < -0.3 is 14.2 Å². The van der Waals surface area contributed by atoms with Crippen molar-refractivity contribution < 1.29 is 19.0 Å². The second kappa shape index (κ2) is 9.75. The van der Waals surface area contributed by atoms with Crippen molar-refractivity contribution in [3.05, 3.63) is 86.8 Å². The van der Waals surface area contributed by atoms with Gasteiger partial charge in [0.05, 0.1) is 10.0 Å². The summed E-state index contributed by atoms with van der Waals surface area (Å²) in [6.07, 6.45) is 0. The highest BCUT2D eigenvalue weighted by atomic mass is 79.9. The van der Waals surface area contributed by atoms with Crippen LogP contribution in [0, 0.1) is 6.92 Å². The molecule has 0 atom stereocenters. The molecule has 3 aromatic carbocycles. The largest absolute Gasteiger partial charge is 0.490 e. The zero-order valence-corrected chi connectivity index (χ0v) is 18.3. The van der Waals surface area contributed by atoms with Gasteiger partial charge >= 0.3 is 5.97 Å². The maximum absolute atomic E-state index is 12.5. The van der Waals surface area contributed by atoms with Crippen molar-refractivity contribution in [3.8, 4) is 17.2 Å². The van der Waals surface area contributed by atoms with E-state index >= 15 is 0 Å². The highest BCUT2D eigenvalue weighted by Gasteiger charge is 2.14. The Balaban J connectivity index is 1.59. The van der Waals surface area contributed by atoms with Gasteiger partial charge in [0, 0.05) is 4.47 Å². The lowest BCUT2D eigenvalue weighted by molar-refractivity contribution is 0.0731. The number of hydrogen-bond donors (Lipinski definition) is 0. The number of ether oxygens (including phenoxy) is 3. The van der Waals surface area contributed by atoms with Crippen molar-refractivity contribution >= 4 is 37.8 Å². The van der Waals surface area contributed by atoms with Crippen LogP contribution in [-0.2, 0) is 0 Å². The second-order valence-electron chi connectivity index (χ2n) is 5.96. The standard InChI is InChI=1S/C22H18Br2O4/c1-15-12-17(23)14-20(24)21(15)28-22(25)16-6-5-9-19(13-16)27-11-10-26-18-7-3-2-4-8-18/h2-9,12-14H,10-11H2,1H3. The van der Waals surface area contributed by atoms with Crippen molar-refractivity contribution in [2.24, 2.45) is 0 Å². The van der Waals surface area contributed by atoms with Crippen LogP contribution in [0.4, 0.5) is 0 Å². The molecule has 3 rings (SSSR count). The van der Waals surface area contributed by atoms with Crippen molar-refractivity contribution in [2.45, 2.75) is 6.92 Å². The molecule has 3 aromatic rings. The second-order valence-corrected chi connectivity index (χ2v) is 7.73. The Bertz CT molecular complexity index is 935. The fourth-order valence-electron chi connectivity index (χ4n) is 2.52. The molecule has 0 aliphatic carbocycles. The van der Waals surface area contributed by atoms with E-state index in [1.807, 2.05) is 49.4 Å². The summed E-state index contributed by atoms with van der Waals surface area (Å²) in [6.45, 7) is 2.65. The summed E-state index contributed by atoms with van der Waals surface area (Å²) >= 11 is 6.84. The maximum Gasteiger partial charge on any atom is 0.343 e. The molecule has 0 radical (unpaired) electrons. The van der Waals surface area contributed by atoms with Gasteiger partial charge in [0.25, 0.3) is 0 Å². The van der Waals surface area contributed by atoms with Gasteiger partial charge in [-0.15, -0.1) is 0 Å². The van der Waals surface area contributed by atoms with Crippen LogP contribution in [0.3, 0.4) is 0 Å². The molecule has 0 aliphatic heterocycles. The quantitative estimate of drug-likeness (QED) is 0.218. The van der Waals surface area contributed by atoms with E-state index < -0.39 is 5.97 Å². The minimum atomic E-state index is -0.447. The Morgan fingerprint density at radius 1 is 0.857 bits per heavy atom. The normalized spacial score (nSPS) is 10.4. The van der Waals surface area contributed by atoms with Crippen molar-refractivity contribution in [3.63, 3.8) is 0 Å². The summed E-state index contributed by atoms with van der Waals surface area (Å²) in [4.78, 5) is 12.5. The van der Waals surface area contributed by atoms with Crippen LogP contribution in [0.15, 0.2) is 75.7 Å². The summed E-state index contributed by atoms with van der Waals surface area (Å²) in [5.74, 6) is 1.42. The molecule has 0 aromatic heterocycles. The summed E-state index contributed by atoms with van der Waals surface area (Å²) in [6, 6.07) is 20.2. The summed E-state index contributed by atoms with van der Waals surface area (Å²) in [5.41, 5.74) is 1.26. The van der Waals surface area contributed by atoms with E-state index in [1.54, 1.807) is 24.3 Å². The van der Waals surface area contributed by atoms with Gasteiger partial charge in [-0.1, -0.05) is 40.2 Å². The number of carbonyl (C=O) groups excluding carboxylic acids is 1. The maximum atomic E-state index is 12.5. The third kappa shape index (κ3) is 5.59. The van der Waals surface area contributed by atoms with E-state index in [0.29, 0.717) is 34.7 Å². The molecule has 28 heavy (non-hydrogen) atoms. The van der Waals surface area contributed by atoms with Gasteiger partial charge in [-0.25, -0.2) is 4.79 Å². The van der Waals surface area contributed by atoms with Crippen molar-refractivity contribution in [1.29, 1.82) is 0 Å². The number of hydrogen-bond acceptors (Lipinski definition) is 4. The SMILES string of the molecule is Cc1cc(Br)cc(Br)c1OC(=O)c1cccc(OCCOc2ccccc2)c1. The van der Waals surface area contributed by atoms with Crippen LogP contribution in [0.25, 0.3) is 0 Å². The minimum absolute atomic E-state index is 0.366. The predicted octanol–water partition coefficient (Wildman–Crippen LogP) is 6.20. The van der Waals surface area contributed by atoms with E-state index in [-0.39, 0.29) is 0 Å². The van der Waals surface area contributed by atoms with Gasteiger partial charge in [0.15, 0.2) is 0 Å². The Morgan fingerprint density at radius 3 is 2.25 bits per heavy atom. The van der Waals surface area contributed by atoms with E-state index in [2.05, 4.69) is 31.9 Å². The van der Waals surface area contributed by atoms with Crippen molar-refractivity contribution in [2.75, 3.05) is 13.2 Å². The first-order valence-corrected chi connectivity index (χ1v) is 10.2. The molecule has 0 spiro atoms. The zero-order chi connectivity index (χ0) is 19.9. The molecule has 0 heterocycles. The number of esters is 1. The Kier molecular flexibility index (Phi) is 7.12. The van der Waals surface area contributed by atoms with Gasteiger partial charge in [-0.05, 0) is 70.9 Å². The van der Waals surface area contributed by atoms with E-state index in [0.717, 1.165) is 15.8 Å².